The Morgan fingerprint density at radius 3 is 2.53 bits per heavy atom. The Morgan fingerprint density at radius 1 is 0.944 bits per heavy atom. The summed E-state index contributed by atoms with van der Waals surface area (Å²) in [6.07, 6.45) is -2.56. The van der Waals surface area contributed by atoms with Gasteiger partial charge in [0.15, 0.2) is 6.10 Å². The zero-order chi connectivity index (χ0) is 25.3. The molecule has 5 rings (SSSR count). The number of hydrogen-bond donors (Lipinski definition) is 2. The molecule has 0 aromatic heterocycles. The first-order valence-electron chi connectivity index (χ1n) is 11.3. The second-order valence-electron chi connectivity index (χ2n) is 8.44. The molecular formula is C25H26N2O8S. The van der Waals surface area contributed by atoms with Crippen molar-refractivity contribution in [2.75, 3.05) is 32.8 Å². The number of benzene rings is 3. The maximum Gasteiger partial charge on any atom is 0.412 e. The Morgan fingerprint density at radius 2 is 1.72 bits per heavy atom. The average molecular weight is 515 g/mol. The van der Waals surface area contributed by atoms with E-state index in [1.165, 1.54) is 26.4 Å². The summed E-state index contributed by atoms with van der Waals surface area (Å²) in [5, 5.41) is 4.65. The van der Waals surface area contributed by atoms with Crippen molar-refractivity contribution in [2.45, 2.75) is 29.2 Å². The van der Waals surface area contributed by atoms with Gasteiger partial charge in [0.1, 0.15) is 28.6 Å². The molecule has 0 spiro atoms. The number of carbonyl (C=O) groups excluding carboxylic acids is 1. The second-order valence-corrected chi connectivity index (χ2v) is 10.1. The van der Waals surface area contributed by atoms with Gasteiger partial charge in [-0.1, -0.05) is 36.4 Å². The first-order chi connectivity index (χ1) is 17.4. The summed E-state index contributed by atoms with van der Waals surface area (Å²) >= 11 is 0. The number of rotatable bonds is 7. The third-order valence-corrected chi connectivity index (χ3v) is 7.77. The normalized spacial score (nSPS) is 23.3. The van der Waals surface area contributed by atoms with Crippen molar-refractivity contribution in [2.24, 2.45) is 0 Å². The number of amides is 1. The van der Waals surface area contributed by atoms with Gasteiger partial charge in [0.2, 0.25) is 10.0 Å². The Bertz CT molecular complexity index is 1370. The van der Waals surface area contributed by atoms with Gasteiger partial charge in [-0.15, -0.1) is 0 Å². The number of ether oxygens (including phenoxy) is 5. The van der Waals surface area contributed by atoms with Crippen molar-refractivity contribution in [3.05, 3.63) is 60.7 Å². The van der Waals surface area contributed by atoms with E-state index >= 15 is 0 Å². The molecule has 2 aliphatic rings. The van der Waals surface area contributed by atoms with E-state index in [4.69, 9.17) is 23.7 Å². The summed E-state index contributed by atoms with van der Waals surface area (Å²) in [5.41, 5.74) is 0.624. The highest BCUT2D eigenvalue weighted by Gasteiger charge is 2.50. The number of nitrogens with one attached hydrogen (secondary N) is 2. The fourth-order valence-electron chi connectivity index (χ4n) is 4.53. The molecule has 0 bridgehead atoms. The fourth-order valence-corrected chi connectivity index (χ4v) is 5.95. The first-order valence-corrected chi connectivity index (χ1v) is 12.8. The van der Waals surface area contributed by atoms with Crippen LogP contribution in [0.1, 0.15) is 0 Å². The number of anilines is 1. The van der Waals surface area contributed by atoms with Crippen LogP contribution < -0.4 is 19.5 Å². The first kappa shape index (κ1) is 24.3. The van der Waals surface area contributed by atoms with Crippen molar-refractivity contribution in [3.63, 3.8) is 0 Å². The summed E-state index contributed by atoms with van der Waals surface area (Å²) in [6, 6.07) is 17.1. The molecule has 3 aromatic carbocycles. The molecule has 2 heterocycles. The van der Waals surface area contributed by atoms with E-state index in [9.17, 15) is 13.2 Å². The van der Waals surface area contributed by atoms with Gasteiger partial charge in [0.05, 0.1) is 39.2 Å². The van der Waals surface area contributed by atoms with E-state index in [1.54, 1.807) is 12.1 Å². The number of methoxy groups -OCH3 is 2. The lowest BCUT2D eigenvalue weighted by molar-refractivity contribution is 0.00884. The molecule has 0 radical (unpaired) electrons. The maximum absolute atomic E-state index is 13.1. The Balaban J connectivity index is 1.25. The number of fused-ring (bicyclic) bond motifs is 2. The van der Waals surface area contributed by atoms with Crippen LogP contribution in [0.2, 0.25) is 0 Å². The Hall–Kier alpha value is -3.38. The lowest BCUT2D eigenvalue weighted by Gasteiger charge is -2.19. The summed E-state index contributed by atoms with van der Waals surface area (Å²) in [4.78, 5) is 12.6. The molecule has 2 saturated heterocycles. The molecule has 11 heteroatoms. The summed E-state index contributed by atoms with van der Waals surface area (Å²) in [5.74, 6) is 0.553. The van der Waals surface area contributed by atoms with Crippen LogP contribution in [-0.2, 0) is 24.2 Å². The molecular weight excluding hydrogens is 488 g/mol. The van der Waals surface area contributed by atoms with Crippen LogP contribution in [0.3, 0.4) is 0 Å². The van der Waals surface area contributed by atoms with E-state index in [2.05, 4.69) is 10.0 Å². The van der Waals surface area contributed by atoms with Crippen LogP contribution in [0.5, 0.6) is 11.5 Å². The zero-order valence-corrected chi connectivity index (χ0v) is 20.5. The van der Waals surface area contributed by atoms with E-state index in [0.29, 0.717) is 11.4 Å². The molecule has 4 atom stereocenters. The largest absolute Gasteiger partial charge is 0.497 e. The number of carbonyl (C=O) groups is 1. The number of sulfonamides is 1. The van der Waals surface area contributed by atoms with Crippen LogP contribution in [0.25, 0.3) is 10.8 Å². The minimum absolute atomic E-state index is 0.0612. The molecule has 0 aliphatic carbocycles. The topological polar surface area (TPSA) is 121 Å². The van der Waals surface area contributed by atoms with Crippen molar-refractivity contribution in [3.8, 4) is 11.5 Å². The molecule has 0 saturated carbocycles. The molecule has 0 unspecified atom stereocenters. The minimum atomic E-state index is -3.99. The predicted molar refractivity (Wildman–Crippen MR) is 131 cm³/mol. The SMILES string of the molecule is COc1ccc(OC)c(S(=O)(=O)N[C@@H]2CO[C@@H]3[C@@H]2OC[C@H]3OC(=O)Nc2cccc3ccccc23)c1. The van der Waals surface area contributed by atoms with Gasteiger partial charge in [-0.05, 0) is 23.6 Å². The lowest BCUT2D eigenvalue weighted by Crippen LogP contribution is -2.44. The number of hydrogen-bond acceptors (Lipinski definition) is 8. The smallest absolute Gasteiger partial charge is 0.412 e. The zero-order valence-electron chi connectivity index (χ0n) is 19.7. The van der Waals surface area contributed by atoms with Gasteiger partial charge in [0.25, 0.3) is 0 Å². The summed E-state index contributed by atoms with van der Waals surface area (Å²) in [6.45, 7) is 0.144. The quantitative estimate of drug-likeness (QED) is 0.494. The highest BCUT2D eigenvalue weighted by molar-refractivity contribution is 7.89. The molecule has 10 nitrogen and oxygen atoms in total. The Labute approximate surface area is 208 Å². The highest BCUT2D eigenvalue weighted by atomic mass is 32.2. The molecule has 190 valence electrons. The lowest BCUT2D eigenvalue weighted by atomic mass is 10.1. The average Bonchev–Trinajstić information content (AvgIpc) is 3.46. The molecule has 1 amide bonds. The van der Waals surface area contributed by atoms with Crippen molar-refractivity contribution < 1.29 is 36.9 Å². The van der Waals surface area contributed by atoms with Gasteiger partial charge in [-0.2, -0.15) is 0 Å². The van der Waals surface area contributed by atoms with Gasteiger partial charge in [-0.3, -0.25) is 5.32 Å². The van der Waals surface area contributed by atoms with E-state index in [1.807, 2.05) is 36.4 Å². The molecule has 2 aliphatic heterocycles. The van der Waals surface area contributed by atoms with Crippen molar-refractivity contribution in [1.29, 1.82) is 0 Å². The molecule has 2 fully saturated rings. The summed E-state index contributed by atoms with van der Waals surface area (Å²) in [7, 11) is -1.16. The Kier molecular flexibility index (Phi) is 6.71. The van der Waals surface area contributed by atoms with Gasteiger partial charge in [0, 0.05) is 11.5 Å². The van der Waals surface area contributed by atoms with Crippen molar-refractivity contribution >= 4 is 32.6 Å². The second kappa shape index (κ2) is 9.94. The van der Waals surface area contributed by atoms with E-state index in [0.717, 1.165) is 10.8 Å². The molecule has 2 N–H and O–H groups in total. The standard InChI is InChI=1S/C25H26N2O8S/c1-31-16-10-11-20(32-2)22(12-16)36(29,30)27-19-13-33-24-21(14-34-23(19)24)35-25(28)26-18-9-5-7-15-6-3-4-8-17(15)18/h3-12,19,21,23-24,27H,13-14H2,1-2H3,(H,26,28)/t19-,21-,23-,24+/m1/s1. The van der Waals surface area contributed by atoms with Crippen molar-refractivity contribution in [1.82, 2.24) is 4.72 Å². The third kappa shape index (κ3) is 4.70. The van der Waals surface area contributed by atoms with Gasteiger partial charge < -0.3 is 23.7 Å². The predicted octanol–water partition coefficient (Wildman–Crippen LogP) is 2.92. The third-order valence-electron chi connectivity index (χ3n) is 6.26. The van der Waals surface area contributed by atoms with Gasteiger partial charge >= 0.3 is 6.09 Å². The van der Waals surface area contributed by atoms with Crippen LogP contribution >= 0.6 is 0 Å². The van der Waals surface area contributed by atoms with Gasteiger partial charge in [-0.25, -0.2) is 17.9 Å². The molecule has 3 aromatic rings. The van der Waals surface area contributed by atoms with Crippen LogP contribution in [0.15, 0.2) is 65.6 Å². The van der Waals surface area contributed by atoms with Crippen LogP contribution in [0.4, 0.5) is 10.5 Å². The summed E-state index contributed by atoms with van der Waals surface area (Å²) < 4.78 is 56.5. The van der Waals surface area contributed by atoms with Crippen LogP contribution in [0, 0.1) is 0 Å². The monoisotopic (exact) mass is 514 g/mol. The van der Waals surface area contributed by atoms with E-state index < -0.39 is 40.5 Å². The van der Waals surface area contributed by atoms with E-state index in [-0.39, 0.29) is 23.9 Å². The van der Waals surface area contributed by atoms with Crippen LogP contribution in [-0.4, -0.2) is 66.3 Å². The molecule has 36 heavy (non-hydrogen) atoms. The fraction of sp³-hybridized carbons (Fsp3) is 0.320. The maximum atomic E-state index is 13.1. The highest BCUT2D eigenvalue weighted by Crippen LogP contribution is 2.33. The minimum Gasteiger partial charge on any atom is -0.497 e.